The quantitative estimate of drug-likeness (QED) is 0.632. The lowest BCUT2D eigenvalue weighted by molar-refractivity contribution is 0.0951. The average Bonchev–Trinajstić information content (AvgIpc) is 2.72. The highest BCUT2D eigenvalue weighted by molar-refractivity contribution is 7.92. The van der Waals surface area contributed by atoms with Gasteiger partial charge in [-0.25, -0.2) is 8.42 Å². The van der Waals surface area contributed by atoms with Gasteiger partial charge in [0.25, 0.3) is 15.9 Å². The van der Waals surface area contributed by atoms with Crippen LogP contribution in [0, 0.1) is 6.92 Å². The highest BCUT2D eigenvalue weighted by atomic mass is 35.5. The molecule has 0 bridgehead atoms. The number of carbonyl (C=O) groups excluding carboxylic acids is 1. The van der Waals surface area contributed by atoms with E-state index in [2.05, 4.69) is 5.32 Å². The minimum atomic E-state index is -3.72. The summed E-state index contributed by atoms with van der Waals surface area (Å²) < 4.78 is 26.9. The second-order valence-electron chi connectivity index (χ2n) is 6.65. The van der Waals surface area contributed by atoms with Crippen LogP contribution >= 0.6 is 11.6 Å². The van der Waals surface area contributed by atoms with E-state index in [9.17, 15) is 13.2 Å². The predicted octanol–water partition coefficient (Wildman–Crippen LogP) is 4.40. The largest absolute Gasteiger partial charge is 0.348 e. The van der Waals surface area contributed by atoms with Crippen LogP contribution in [-0.4, -0.2) is 21.4 Å². The van der Waals surface area contributed by atoms with Crippen molar-refractivity contribution in [1.82, 2.24) is 5.32 Å². The number of sulfonamides is 1. The molecule has 0 unspecified atom stereocenters. The maximum absolute atomic E-state index is 12.9. The molecule has 1 N–H and O–H groups in total. The summed E-state index contributed by atoms with van der Waals surface area (Å²) >= 11 is 5.96. The summed E-state index contributed by atoms with van der Waals surface area (Å²) in [5, 5.41) is 3.42. The van der Waals surface area contributed by atoms with Crippen molar-refractivity contribution in [2.45, 2.75) is 18.4 Å². The maximum atomic E-state index is 12.9. The number of hydrogen-bond donors (Lipinski definition) is 1. The number of rotatable bonds is 6. The molecule has 0 fully saturated rings. The summed E-state index contributed by atoms with van der Waals surface area (Å²) in [4.78, 5) is 12.7. The summed E-state index contributed by atoms with van der Waals surface area (Å²) in [7, 11) is -2.25. The molecule has 3 aromatic carbocycles. The van der Waals surface area contributed by atoms with E-state index in [1.807, 2.05) is 19.1 Å². The van der Waals surface area contributed by atoms with E-state index >= 15 is 0 Å². The van der Waals surface area contributed by atoms with E-state index in [1.165, 1.54) is 11.4 Å². The molecule has 0 heterocycles. The predicted molar refractivity (Wildman–Crippen MR) is 116 cm³/mol. The molecule has 0 aromatic heterocycles. The van der Waals surface area contributed by atoms with Gasteiger partial charge >= 0.3 is 0 Å². The standard InChI is InChI=1S/C22H21ClN2O3S/c1-16-9-11-21(12-10-16)29(27,28)25(2)20-8-4-6-18(14-20)22(26)24-15-17-5-3-7-19(23)13-17/h3-14H,15H2,1-2H3,(H,24,26). The van der Waals surface area contributed by atoms with Crippen LogP contribution in [0.2, 0.25) is 5.02 Å². The second-order valence-corrected chi connectivity index (χ2v) is 9.05. The van der Waals surface area contributed by atoms with Crippen LogP contribution < -0.4 is 9.62 Å². The zero-order valence-corrected chi connectivity index (χ0v) is 17.7. The van der Waals surface area contributed by atoms with Crippen LogP contribution in [0.25, 0.3) is 0 Å². The monoisotopic (exact) mass is 428 g/mol. The molecule has 0 atom stereocenters. The Morgan fingerprint density at radius 3 is 2.38 bits per heavy atom. The Labute approximate surface area is 176 Å². The first-order chi connectivity index (χ1) is 13.8. The summed E-state index contributed by atoms with van der Waals surface area (Å²) in [6, 6.07) is 20.4. The molecule has 0 aliphatic rings. The van der Waals surface area contributed by atoms with Gasteiger partial charge in [-0.2, -0.15) is 0 Å². The molecule has 29 heavy (non-hydrogen) atoms. The van der Waals surface area contributed by atoms with Crippen LogP contribution in [-0.2, 0) is 16.6 Å². The van der Waals surface area contributed by atoms with Crippen LogP contribution in [0.3, 0.4) is 0 Å². The molecule has 0 saturated heterocycles. The number of nitrogens with one attached hydrogen (secondary N) is 1. The first kappa shape index (κ1) is 20.9. The normalized spacial score (nSPS) is 11.1. The van der Waals surface area contributed by atoms with Crippen LogP contribution in [0.5, 0.6) is 0 Å². The number of aryl methyl sites for hydroxylation is 1. The Morgan fingerprint density at radius 1 is 1.00 bits per heavy atom. The fourth-order valence-electron chi connectivity index (χ4n) is 2.78. The van der Waals surface area contributed by atoms with Gasteiger partial charge < -0.3 is 5.32 Å². The van der Waals surface area contributed by atoms with Gasteiger partial charge in [-0.15, -0.1) is 0 Å². The zero-order valence-electron chi connectivity index (χ0n) is 16.1. The van der Waals surface area contributed by atoms with Gasteiger partial charge in [-0.1, -0.05) is 47.5 Å². The SMILES string of the molecule is Cc1ccc(S(=O)(=O)N(C)c2cccc(C(=O)NCc3cccc(Cl)c3)c2)cc1. The van der Waals surface area contributed by atoms with E-state index < -0.39 is 10.0 Å². The van der Waals surface area contributed by atoms with Crippen molar-refractivity contribution in [3.05, 3.63) is 94.5 Å². The Balaban J connectivity index is 1.77. The average molecular weight is 429 g/mol. The Hall–Kier alpha value is -2.83. The highest BCUT2D eigenvalue weighted by Gasteiger charge is 2.21. The van der Waals surface area contributed by atoms with Gasteiger partial charge in [-0.05, 0) is 55.0 Å². The lowest BCUT2D eigenvalue weighted by Crippen LogP contribution is -2.27. The number of hydrogen-bond acceptors (Lipinski definition) is 3. The Morgan fingerprint density at radius 2 is 1.69 bits per heavy atom. The van der Waals surface area contributed by atoms with Crippen LogP contribution in [0.4, 0.5) is 5.69 Å². The number of amides is 1. The molecule has 150 valence electrons. The highest BCUT2D eigenvalue weighted by Crippen LogP contribution is 2.23. The van der Waals surface area contributed by atoms with Gasteiger partial charge in [0.2, 0.25) is 0 Å². The minimum Gasteiger partial charge on any atom is -0.348 e. The molecule has 3 aromatic rings. The van der Waals surface area contributed by atoms with Crippen molar-refractivity contribution >= 4 is 33.2 Å². The fourth-order valence-corrected chi connectivity index (χ4v) is 4.18. The third kappa shape index (κ3) is 4.96. The molecule has 0 radical (unpaired) electrons. The second kappa shape index (κ2) is 8.68. The zero-order chi connectivity index (χ0) is 21.0. The molecule has 3 rings (SSSR count). The van der Waals surface area contributed by atoms with E-state index in [0.717, 1.165) is 11.1 Å². The van der Waals surface area contributed by atoms with Crippen molar-refractivity contribution in [3.8, 4) is 0 Å². The van der Waals surface area contributed by atoms with E-state index in [0.29, 0.717) is 22.8 Å². The van der Waals surface area contributed by atoms with E-state index in [4.69, 9.17) is 11.6 Å². The molecule has 0 spiro atoms. The Bertz CT molecular complexity index is 1130. The number of nitrogens with zero attached hydrogens (tertiary/aromatic N) is 1. The smallest absolute Gasteiger partial charge is 0.264 e. The summed E-state index contributed by atoms with van der Waals surface area (Å²) in [6.45, 7) is 2.21. The van der Waals surface area contributed by atoms with E-state index in [1.54, 1.807) is 60.7 Å². The molecule has 0 aliphatic carbocycles. The topological polar surface area (TPSA) is 66.5 Å². The molecule has 5 nitrogen and oxygen atoms in total. The van der Waals surface area contributed by atoms with Gasteiger partial charge in [0.1, 0.15) is 0 Å². The first-order valence-corrected chi connectivity index (χ1v) is 10.8. The lowest BCUT2D eigenvalue weighted by atomic mass is 10.1. The van der Waals surface area contributed by atoms with Gasteiger partial charge in [-0.3, -0.25) is 9.10 Å². The first-order valence-electron chi connectivity index (χ1n) is 8.96. The molecule has 7 heteroatoms. The van der Waals surface area contributed by atoms with E-state index in [-0.39, 0.29) is 10.8 Å². The fraction of sp³-hybridized carbons (Fsp3) is 0.136. The van der Waals surface area contributed by atoms with Gasteiger partial charge in [0.15, 0.2) is 0 Å². The van der Waals surface area contributed by atoms with Crippen molar-refractivity contribution in [1.29, 1.82) is 0 Å². The van der Waals surface area contributed by atoms with Gasteiger partial charge in [0, 0.05) is 24.2 Å². The number of benzene rings is 3. The van der Waals surface area contributed by atoms with Crippen molar-refractivity contribution in [3.63, 3.8) is 0 Å². The van der Waals surface area contributed by atoms with Crippen LogP contribution in [0.1, 0.15) is 21.5 Å². The molecule has 1 amide bonds. The third-order valence-corrected chi connectivity index (χ3v) is 6.53. The molecule has 0 aliphatic heterocycles. The van der Waals surface area contributed by atoms with Crippen molar-refractivity contribution in [2.75, 3.05) is 11.4 Å². The van der Waals surface area contributed by atoms with Crippen molar-refractivity contribution < 1.29 is 13.2 Å². The summed E-state index contributed by atoms with van der Waals surface area (Å²) in [5.74, 6) is -0.298. The number of anilines is 1. The molecule has 0 saturated carbocycles. The lowest BCUT2D eigenvalue weighted by Gasteiger charge is -2.20. The van der Waals surface area contributed by atoms with Crippen molar-refractivity contribution in [2.24, 2.45) is 0 Å². The number of halogens is 1. The van der Waals surface area contributed by atoms with Crippen LogP contribution in [0.15, 0.2) is 77.7 Å². The summed E-state index contributed by atoms with van der Waals surface area (Å²) in [6.07, 6.45) is 0. The third-order valence-electron chi connectivity index (χ3n) is 4.49. The maximum Gasteiger partial charge on any atom is 0.264 e. The molecular weight excluding hydrogens is 408 g/mol. The van der Waals surface area contributed by atoms with Gasteiger partial charge in [0.05, 0.1) is 10.6 Å². The minimum absolute atomic E-state index is 0.196. The number of carbonyl (C=O) groups is 1. The summed E-state index contributed by atoms with van der Waals surface area (Å²) in [5.41, 5.74) is 2.63. The Kier molecular flexibility index (Phi) is 6.25. The molecular formula is C22H21ClN2O3S.